The molecule has 0 fully saturated rings. The summed E-state index contributed by atoms with van der Waals surface area (Å²) in [5, 5.41) is 1.45. The van der Waals surface area contributed by atoms with E-state index in [9.17, 15) is 4.79 Å². The van der Waals surface area contributed by atoms with Crippen molar-refractivity contribution in [3.63, 3.8) is 0 Å². The van der Waals surface area contributed by atoms with Crippen LogP contribution in [0, 0.1) is 6.92 Å². The summed E-state index contributed by atoms with van der Waals surface area (Å²) < 4.78 is 10.7. The molecule has 86 valence electrons. The highest BCUT2D eigenvalue weighted by Crippen LogP contribution is 2.29. The van der Waals surface area contributed by atoms with Crippen LogP contribution >= 0.6 is 11.8 Å². The summed E-state index contributed by atoms with van der Waals surface area (Å²) in [5.41, 5.74) is 2.50. The smallest absolute Gasteiger partial charge is 0.336 e. The fourth-order valence-electron chi connectivity index (χ4n) is 1.90. The van der Waals surface area contributed by atoms with E-state index in [1.54, 1.807) is 12.1 Å². The predicted molar refractivity (Wildman–Crippen MR) is 66.6 cm³/mol. The molecule has 0 atom stereocenters. The Balaban J connectivity index is 2.54. The van der Waals surface area contributed by atoms with Crippen molar-refractivity contribution >= 4 is 33.8 Å². The highest BCUT2D eigenvalue weighted by atomic mass is 32.2. The third-order valence-corrected chi connectivity index (χ3v) is 3.14. The van der Waals surface area contributed by atoms with E-state index in [1.807, 2.05) is 13.2 Å². The van der Waals surface area contributed by atoms with Crippen molar-refractivity contribution in [2.75, 3.05) is 6.26 Å². The molecule has 0 amide bonds. The number of hydrogen-bond donors (Lipinski definition) is 0. The third-order valence-electron chi connectivity index (χ3n) is 2.62. The Morgan fingerprint density at radius 3 is 2.76 bits per heavy atom. The monoisotopic (exact) mass is 247 g/mol. The van der Waals surface area contributed by atoms with E-state index >= 15 is 0 Å². The summed E-state index contributed by atoms with van der Waals surface area (Å²) in [6, 6.07) is 4.98. The van der Waals surface area contributed by atoms with Gasteiger partial charge >= 0.3 is 5.63 Å². The lowest BCUT2D eigenvalue weighted by Crippen LogP contribution is -1.97. The number of fused-ring (bicyclic) bond motifs is 3. The van der Waals surface area contributed by atoms with E-state index in [1.165, 1.54) is 17.8 Å². The van der Waals surface area contributed by atoms with Crippen molar-refractivity contribution in [3.05, 3.63) is 34.2 Å². The summed E-state index contributed by atoms with van der Waals surface area (Å²) in [6.45, 7) is 1.87. The Kier molecular flexibility index (Phi) is 2.22. The molecule has 4 nitrogen and oxygen atoms in total. The number of thioether (sulfide) groups is 1. The highest BCUT2D eigenvalue weighted by molar-refractivity contribution is 7.98. The Labute approximate surface area is 101 Å². The standard InChI is InChI=1S/C12H9NO3S/c1-6-5-9(14)15-7-3-4-8-11(10(6)7)13-12(16-8)17-2/h3-5H,1-2H3. The molecule has 1 aromatic carbocycles. The van der Waals surface area contributed by atoms with E-state index < -0.39 is 0 Å². The van der Waals surface area contributed by atoms with Crippen molar-refractivity contribution in [2.24, 2.45) is 0 Å². The molecule has 0 N–H and O–H groups in total. The minimum absolute atomic E-state index is 0.345. The maximum Gasteiger partial charge on any atom is 0.336 e. The van der Waals surface area contributed by atoms with E-state index in [2.05, 4.69) is 4.98 Å². The zero-order valence-electron chi connectivity index (χ0n) is 9.31. The molecule has 2 aromatic heterocycles. The minimum Gasteiger partial charge on any atom is -0.431 e. The zero-order valence-corrected chi connectivity index (χ0v) is 10.1. The van der Waals surface area contributed by atoms with Crippen molar-refractivity contribution in [1.29, 1.82) is 0 Å². The van der Waals surface area contributed by atoms with Crippen molar-refractivity contribution in [1.82, 2.24) is 4.98 Å². The maximum atomic E-state index is 11.3. The Bertz CT molecular complexity index is 772. The molecule has 0 spiro atoms. The number of aryl methyl sites for hydroxylation is 1. The molecule has 3 aromatic rings. The van der Waals surface area contributed by atoms with E-state index in [0.29, 0.717) is 16.4 Å². The topological polar surface area (TPSA) is 56.2 Å². The van der Waals surface area contributed by atoms with Crippen LogP contribution in [0.4, 0.5) is 0 Å². The van der Waals surface area contributed by atoms with Gasteiger partial charge in [-0.15, -0.1) is 0 Å². The van der Waals surface area contributed by atoms with E-state index in [4.69, 9.17) is 8.83 Å². The maximum absolute atomic E-state index is 11.3. The molecule has 0 unspecified atom stereocenters. The molecule has 0 radical (unpaired) electrons. The van der Waals surface area contributed by atoms with Crippen LogP contribution in [-0.4, -0.2) is 11.2 Å². The first-order valence-electron chi connectivity index (χ1n) is 5.07. The van der Waals surface area contributed by atoms with Crippen LogP contribution in [0.15, 0.2) is 37.1 Å². The summed E-state index contributed by atoms with van der Waals surface area (Å²) in [4.78, 5) is 15.7. The van der Waals surface area contributed by atoms with Crippen LogP contribution in [0.2, 0.25) is 0 Å². The highest BCUT2D eigenvalue weighted by Gasteiger charge is 2.12. The third kappa shape index (κ3) is 1.54. The summed E-state index contributed by atoms with van der Waals surface area (Å²) in [5.74, 6) is 0. The first kappa shape index (κ1) is 10.4. The molecule has 0 aliphatic rings. The summed E-state index contributed by atoms with van der Waals surface area (Å²) >= 11 is 1.44. The normalized spacial score (nSPS) is 11.4. The molecule has 0 bridgehead atoms. The molecule has 2 heterocycles. The van der Waals surface area contributed by atoms with E-state index in [-0.39, 0.29) is 5.63 Å². The van der Waals surface area contributed by atoms with Crippen molar-refractivity contribution in [3.8, 4) is 0 Å². The van der Waals surface area contributed by atoms with Gasteiger partial charge in [-0.3, -0.25) is 0 Å². The van der Waals surface area contributed by atoms with Crippen LogP contribution in [0.5, 0.6) is 0 Å². The predicted octanol–water partition coefficient (Wildman–Crippen LogP) is 2.96. The molecular weight excluding hydrogens is 238 g/mol. The number of nitrogens with zero attached hydrogens (tertiary/aromatic N) is 1. The van der Waals surface area contributed by atoms with Gasteiger partial charge in [0.1, 0.15) is 11.1 Å². The molecule has 0 aliphatic carbocycles. The fourth-order valence-corrected chi connectivity index (χ4v) is 2.25. The van der Waals surface area contributed by atoms with Gasteiger partial charge in [-0.05, 0) is 30.9 Å². The molecule has 5 heteroatoms. The quantitative estimate of drug-likeness (QED) is 0.488. The molecule has 17 heavy (non-hydrogen) atoms. The minimum atomic E-state index is -0.345. The SMILES string of the molecule is CSc1nc2c(ccc3oc(=O)cc(C)c32)o1. The second-order valence-corrected chi connectivity index (χ2v) is 4.48. The Hall–Kier alpha value is -1.75. The number of hydrogen-bond acceptors (Lipinski definition) is 5. The second kappa shape index (κ2) is 3.63. The van der Waals surface area contributed by atoms with Crippen LogP contribution in [0.1, 0.15) is 5.56 Å². The van der Waals surface area contributed by atoms with Crippen LogP contribution in [0.25, 0.3) is 22.1 Å². The van der Waals surface area contributed by atoms with Gasteiger partial charge in [0.2, 0.25) is 0 Å². The number of aromatic nitrogens is 1. The van der Waals surface area contributed by atoms with Crippen LogP contribution in [0.3, 0.4) is 0 Å². The van der Waals surface area contributed by atoms with Gasteiger partial charge in [0, 0.05) is 6.07 Å². The molecule has 0 aliphatic heterocycles. The Morgan fingerprint density at radius 2 is 2.00 bits per heavy atom. The van der Waals surface area contributed by atoms with Crippen molar-refractivity contribution in [2.45, 2.75) is 12.1 Å². The van der Waals surface area contributed by atoms with Gasteiger partial charge in [-0.1, -0.05) is 11.8 Å². The van der Waals surface area contributed by atoms with Gasteiger partial charge in [-0.2, -0.15) is 0 Å². The fraction of sp³-hybridized carbons (Fsp3) is 0.167. The summed E-state index contributed by atoms with van der Waals surface area (Å²) in [6.07, 6.45) is 1.90. The zero-order chi connectivity index (χ0) is 12.0. The van der Waals surface area contributed by atoms with Crippen LogP contribution in [-0.2, 0) is 0 Å². The van der Waals surface area contributed by atoms with Gasteiger partial charge in [0.25, 0.3) is 5.22 Å². The largest absolute Gasteiger partial charge is 0.431 e. The number of oxazole rings is 1. The van der Waals surface area contributed by atoms with Gasteiger partial charge in [0.15, 0.2) is 5.58 Å². The van der Waals surface area contributed by atoms with Crippen molar-refractivity contribution < 1.29 is 8.83 Å². The van der Waals surface area contributed by atoms with Crippen LogP contribution < -0.4 is 5.63 Å². The second-order valence-electron chi connectivity index (χ2n) is 3.72. The molecular formula is C12H9NO3S. The Morgan fingerprint density at radius 1 is 1.24 bits per heavy atom. The number of benzene rings is 1. The van der Waals surface area contributed by atoms with Gasteiger partial charge in [-0.25, -0.2) is 9.78 Å². The van der Waals surface area contributed by atoms with Gasteiger partial charge < -0.3 is 8.83 Å². The number of rotatable bonds is 1. The first-order chi connectivity index (χ1) is 8.19. The summed E-state index contributed by atoms with van der Waals surface area (Å²) in [7, 11) is 0. The average Bonchev–Trinajstić information content (AvgIpc) is 2.70. The lowest BCUT2D eigenvalue weighted by atomic mass is 10.1. The first-order valence-corrected chi connectivity index (χ1v) is 6.29. The average molecular weight is 247 g/mol. The lowest BCUT2D eigenvalue weighted by molar-refractivity contribution is 0.490. The molecule has 3 rings (SSSR count). The van der Waals surface area contributed by atoms with E-state index in [0.717, 1.165) is 16.5 Å². The molecule has 0 saturated heterocycles. The van der Waals surface area contributed by atoms with Gasteiger partial charge in [0.05, 0.1) is 5.39 Å². The molecule has 0 saturated carbocycles. The lowest BCUT2D eigenvalue weighted by Gasteiger charge is -1.99.